The van der Waals surface area contributed by atoms with Crippen LogP contribution in [0.2, 0.25) is 0 Å². The number of anilines is 2. The first-order chi connectivity index (χ1) is 17.2. The number of sulfonamides is 1. The molecule has 3 heterocycles. The van der Waals surface area contributed by atoms with E-state index in [0.29, 0.717) is 11.6 Å². The van der Waals surface area contributed by atoms with Crippen LogP contribution in [0.3, 0.4) is 0 Å². The summed E-state index contributed by atoms with van der Waals surface area (Å²) in [7, 11) is -4.66. The molecule has 1 fully saturated rings. The molecule has 1 aromatic carbocycles. The molecule has 37 heavy (non-hydrogen) atoms. The number of piperazine rings is 1. The van der Waals surface area contributed by atoms with Gasteiger partial charge in [0, 0.05) is 32.4 Å². The van der Waals surface area contributed by atoms with Crippen LogP contribution >= 0.6 is 11.7 Å². The Hall–Kier alpha value is -3.18. The highest BCUT2D eigenvalue weighted by atomic mass is 32.2. The quantitative estimate of drug-likeness (QED) is 0.449. The Morgan fingerprint density at radius 2 is 1.57 bits per heavy atom. The number of nitrogens with zero attached hydrogens (tertiary/aromatic N) is 5. The molecular formula is C20H18F6N6O3S2. The molecule has 0 radical (unpaired) electrons. The average molecular weight is 569 g/mol. The fraction of sp³-hybridized carbons (Fsp3) is 0.350. The highest BCUT2D eigenvalue weighted by molar-refractivity contribution is 7.89. The SMILES string of the molecule is Nc1cc(COc2nsnc2N2CCN(S(=O)(=O)c3cc(C(F)(F)F)cc(C(F)(F)F)c3)CC2)ccn1. The van der Waals surface area contributed by atoms with Crippen molar-refractivity contribution in [2.24, 2.45) is 0 Å². The summed E-state index contributed by atoms with van der Waals surface area (Å²) in [4.78, 5) is 4.46. The Kier molecular flexibility index (Phi) is 7.22. The van der Waals surface area contributed by atoms with Crippen LogP contribution in [0.5, 0.6) is 5.88 Å². The number of pyridine rings is 1. The van der Waals surface area contributed by atoms with Gasteiger partial charge in [0.15, 0.2) is 0 Å². The first-order valence-electron chi connectivity index (χ1n) is 10.5. The minimum atomic E-state index is -5.17. The second-order valence-corrected chi connectivity index (χ2v) is 10.4. The molecule has 2 N–H and O–H groups in total. The van der Waals surface area contributed by atoms with Crippen LogP contribution in [0.25, 0.3) is 0 Å². The van der Waals surface area contributed by atoms with E-state index in [1.54, 1.807) is 17.0 Å². The molecule has 0 saturated carbocycles. The van der Waals surface area contributed by atoms with Gasteiger partial charge in [-0.3, -0.25) is 0 Å². The smallest absolute Gasteiger partial charge is 0.416 e. The van der Waals surface area contributed by atoms with Gasteiger partial charge < -0.3 is 15.4 Å². The lowest BCUT2D eigenvalue weighted by Crippen LogP contribution is -2.49. The predicted octanol–water partition coefficient (Wildman–Crippen LogP) is 3.64. The van der Waals surface area contributed by atoms with Crippen LogP contribution in [-0.2, 0) is 29.0 Å². The first kappa shape index (κ1) is 26.9. The number of nitrogen functional groups attached to an aromatic ring is 1. The zero-order valence-electron chi connectivity index (χ0n) is 18.6. The summed E-state index contributed by atoms with van der Waals surface area (Å²) in [5.41, 5.74) is 2.96. The zero-order chi connectivity index (χ0) is 27.0. The maximum atomic E-state index is 13.2. The third kappa shape index (κ3) is 6.04. The van der Waals surface area contributed by atoms with Crippen molar-refractivity contribution in [3.05, 3.63) is 53.2 Å². The minimum Gasteiger partial charge on any atom is -0.470 e. The van der Waals surface area contributed by atoms with E-state index < -0.39 is 38.4 Å². The molecule has 0 aliphatic carbocycles. The molecule has 0 unspecified atom stereocenters. The first-order valence-corrected chi connectivity index (χ1v) is 12.6. The fourth-order valence-electron chi connectivity index (χ4n) is 3.56. The number of alkyl halides is 6. The van der Waals surface area contributed by atoms with E-state index in [1.165, 1.54) is 6.20 Å². The topological polar surface area (TPSA) is 115 Å². The summed E-state index contributed by atoms with van der Waals surface area (Å²) < 4.78 is 120. The van der Waals surface area contributed by atoms with Gasteiger partial charge in [0.05, 0.1) is 27.8 Å². The van der Waals surface area contributed by atoms with E-state index in [0.717, 1.165) is 21.6 Å². The summed E-state index contributed by atoms with van der Waals surface area (Å²) in [6.45, 7) is -0.214. The van der Waals surface area contributed by atoms with E-state index in [1.807, 2.05) is 0 Å². The highest BCUT2D eigenvalue weighted by Crippen LogP contribution is 2.38. The molecule has 1 aliphatic heterocycles. The Bertz CT molecular complexity index is 1340. The number of hydrogen-bond donors (Lipinski definition) is 1. The third-order valence-electron chi connectivity index (χ3n) is 5.40. The molecular weight excluding hydrogens is 550 g/mol. The molecule has 1 saturated heterocycles. The van der Waals surface area contributed by atoms with E-state index >= 15 is 0 Å². The zero-order valence-corrected chi connectivity index (χ0v) is 20.3. The summed E-state index contributed by atoms with van der Waals surface area (Å²) in [6, 6.07) is 3.60. The van der Waals surface area contributed by atoms with Gasteiger partial charge in [0.1, 0.15) is 12.4 Å². The Balaban J connectivity index is 1.49. The van der Waals surface area contributed by atoms with Crippen LogP contribution < -0.4 is 15.4 Å². The Labute approximate surface area is 210 Å². The molecule has 0 spiro atoms. The monoisotopic (exact) mass is 568 g/mol. The van der Waals surface area contributed by atoms with E-state index in [-0.39, 0.29) is 56.9 Å². The van der Waals surface area contributed by atoms with Crippen molar-refractivity contribution in [3.8, 4) is 5.88 Å². The largest absolute Gasteiger partial charge is 0.470 e. The van der Waals surface area contributed by atoms with Crippen molar-refractivity contribution in [2.75, 3.05) is 36.8 Å². The molecule has 200 valence electrons. The van der Waals surface area contributed by atoms with Gasteiger partial charge in [0.25, 0.3) is 5.88 Å². The van der Waals surface area contributed by atoms with Gasteiger partial charge in [-0.2, -0.15) is 35.0 Å². The van der Waals surface area contributed by atoms with Crippen molar-refractivity contribution < 1.29 is 39.5 Å². The number of benzene rings is 1. The molecule has 17 heteroatoms. The van der Waals surface area contributed by atoms with Crippen molar-refractivity contribution >= 4 is 33.4 Å². The fourth-order valence-corrected chi connectivity index (χ4v) is 5.57. The van der Waals surface area contributed by atoms with Gasteiger partial charge in [-0.1, -0.05) is 0 Å². The molecule has 0 amide bonds. The number of rotatable bonds is 6. The van der Waals surface area contributed by atoms with Crippen molar-refractivity contribution in [1.29, 1.82) is 0 Å². The van der Waals surface area contributed by atoms with E-state index in [4.69, 9.17) is 10.5 Å². The van der Waals surface area contributed by atoms with Crippen LogP contribution in [0.1, 0.15) is 16.7 Å². The second kappa shape index (κ2) is 9.94. The standard InChI is InChI=1S/C20H18F6N6O3S2/c21-19(22,23)13-8-14(20(24,25)26)10-15(9-13)37(33,34)32-5-3-31(4-6-32)17-18(30-36-29-17)35-11-12-1-2-28-16(27)7-12/h1-2,7-10H,3-6,11H2,(H2,27,28). The van der Waals surface area contributed by atoms with Crippen LogP contribution in [0.15, 0.2) is 41.4 Å². The summed E-state index contributed by atoms with van der Waals surface area (Å²) in [5.74, 6) is 0.824. The Morgan fingerprint density at radius 1 is 0.946 bits per heavy atom. The summed E-state index contributed by atoms with van der Waals surface area (Å²) in [5, 5.41) is 0. The van der Waals surface area contributed by atoms with Crippen LogP contribution in [0.4, 0.5) is 38.0 Å². The maximum Gasteiger partial charge on any atom is 0.416 e. The molecule has 2 aromatic heterocycles. The predicted molar refractivity (Wildman–Crippen MR) is 120 cm³/mol. The normalized spacial score (nSPS) is 15.7. The number of ether oxygens (including phenoxy) is 1. The maximum absolute atomic E-state index is 13.2. The molecule has 3 aromatic rings. The van der Waals surface area contributed by atoms with Gasteiger partial charge in [-0.05, 0) is 35.9 Å². The highest BCUT2D eigenvalue weighted by Gasteiger charge is 2.39. The Morgan fingerprint density at radius 3 is 2.14 bits per heavy atom. The van der Waals surface area contributed by atoms with Crippen molar-refractivity contribution in [1.82, 2.24) is 18.0 Å². The third-order valence-corrected chi connectivity index (χ3v) is 7.78. The summed E-state index contributed by atoms with van der Waals surface area (Å²) in [6.07, 6.45) is -8.82. The number of nitrogens with two attached hydrogens (primary N) is 1. The van der Waals surface area contributed by atoms with Crippen LogP contribution in [0, 0.1) is 0 Å². The lowest BCUT2D eigenvalue weighted by Gasteiger charge is -2.34. The lowest BCUT2D eigenvalue weighted by atomic mass is 10.1. The average Bonchev–Trinajstić information content (AvgIpc) is 3.30. The van der Waals surface area contributed by atoms with E-state index in [9.17, 15) is 34.8 Å². The number of halogens is 6. The van der Waals surface area contributed by atoms with Gasteiger partial charge in [0.2, 0.25) is 15.8 Å². The number of aromatic nitrogens is 3. The minimum absolute atomic E-state index is 0.0499. The lowest BCUT2D eigenvalue weighted by molar-refractivity contribution is -0.143. The molecule has 4 rings (SSSR count). The van der Waals surface area contributed by atoms with Gasteiger partial charge in [-0.25, -0.2) is 13.4 Å². The number of hydrogen-bond acceptors (Lipinski definition) is 9. The van der Waals surface area contributed by atoms with Crippen molar-refractivity contribution in [2.45, 2.75) is 23.9 Å². The molecule has 0 bridgehead atoms. The molecule has 9 nitrogen and oxygen atoms in total. The molecule has 1 aliphatic rings. The van der Waals surface area contributed by atoms with Crippen molar-refractivity contribution in [3.63, 3.8) is 0 Å². The van der Waals surface area contributed by atoms with Crippen LogP contribution in [-0.4, -0.2) is 52.6 Å². The molecule has 0 atom stereocenters. The van der Waals surface area contributed by atoms with Gasteiger partial charge in [-0.15, -0.1) is 4.37 Å². The van der Waals surface area contributed by atoms with E-state index in [2.05, 4.69) is 13.7 Å². The second-order valence-electron chi connectivity index (χ2n) is 7.90. The van der Waals surface area contributed by atoms with Gasteiger partial charge >= 0.3 is 12.4 Å². The summed E-state index contributed by atoms with van der Waals surface area (Å²) >= 11 is 0.860.